The Labute approximate surface area is 107 Å². The fraction of sp³-hybridized carbons (Fsp3) is 0.250. The summed E-state index contributed by atoms with van der Waals surface area (Å²) in [6.07, 6.45) is 4.22. The monoisotopic (exact) mass is 295 g/mol. The first kappa shape index (κ1) is 10.8. The molecule has 1 fully saturated rings. The van der Waals surface area contributed by atoms with E-state index in [0.717, 1.165) is 5.69 Å². The molecule has 0 saturated heterocycles. The third-order valence-corrected chi connectivity index (χ3v) is 3.53. The van der Waals surface area contributed by atoms with E-state index in [1.54, 1.807) is 10.7 Å². The van der Waals surface area contributed by atoms with Gasteiger partial charge in [0.05, 0.1) is 21.5 Å². The number of nitrogens with zero attached hydrogens (tertiary/aromatic N) is 2. The van der Waals surface area contributed by atoms with Crippen molar-refractivity contribution in [3.8, 4) is 5.69 Å². The summed E-state index contributed by atoms with van der Waals surface area (Å²) in [5, 5.41) is 4.43. The maximum atomic E-state index is 13.5. The molecule has 0 unspecified atom stereocenters. The van der Waals surface area contributed by atoms with Crippen molar-refractivity contribution in [1.82, 2.24) is 9.78 Å². The van der Waals surface area contributed by atoms with E-state index in [9.17, 15) is 4.39 Å². The third kappa shape index (κ3) is 1.95. The van der Waals surface area contributed by atoms with Crippen molar-refractivity contribution < 1.29 is 4.39 Å². The van der Waals surface area contributed by atoms with Crippen LogP contribution < -0.4 is 5.73 Å². The predicted molar refractivity (Wildman–Crippen MR) is 67.6 cm³/mol. The zero-order valence-electron chi connectivity index (χ0n) is 9.03. The van der Waals surface area contributed by atoms with E-state index in [1.807, 2.05) is 12.3 Å². The molecule has 5 heteroatoms. The lowest BCUT2D eigenvalue weighted by Gasteiger charge is -2.07. The zero-order chi connectivity index (χ0) is 12.0. The number of aromatic nitrogens is 2. The second kappa shape index (κ2) is 3.84. The van der Waals surface area contributed by atoms with Crippen LogP contribution in [0.5, 0.6) is 0 Å². The van der Waals surface area contributed by atoms with E-state index in [2.05, 4.69) is 21.0 Å². The first-order valence-electron chi connectivity index (χ1n) is 5.45. The Morgan fingerprint density at radius 1 is 1.41 bits per heavy atom. The molecular weight excluding hydrogens is 285 g/mol. The molecule has 1 heterocycles. The number of hydrogen-bond donors (Lipinski definition) is 1. The van der Waals surface area contributed by atoms with E-state index >= 15 is 0 Å². The molecule has 1 aromatic heterocycles. The minimum atomic E-state index is -0.335. The predicted octanol–water partition coefficient (Wildman–Crippen LogP) is 3.23. The van der Waals surface area contributed by atoms with Crippen LogP contribution in [0.25, 0.3) is 5.69 Å². The van der Waals surface area contributed by atoms with Crippen LogP contribution in [0.15, 0.2) is 28.9 Å². The van der Waals surface area contributed by atoms with Crippen LogP contribution in [0, 0.1) is 5.82 Å². The average Bonchev–Trinajstić information content (AvgIpc) is 3.03. The fourth-order valence-corrected chi connectivity index (χ4v) is 2.18. The van der Waals surface area contributed by atoms with Crippen molar-refractivity contribution in [2.45, 2.75) is 18.8 Å². The van der Waals surface area contributed by atoms with Gasteiger partial charge < -0.3 is 5.73 Å². The maximum absolute atomic E-state index is 13.5. The Kier molecular flexibility index (Phi) is 2.43. The van der Waals surface area contributed by atoms with Gasteiger partial charge in [-0.3, -0.25) is 0 Å². The highest BCUT2D eigenvalue weighted by atomic mass is 79.9. The average molecular weight is 296 g/mol. The normalized spacial score (nSPS) is 15.2. The van der Waals surface area contributed by atoms with Crippen LogP contribution in [-0.4, -0.2) is 9.78 Å². The van der Waals surface area contributed by atoms with Crippen molar-refractivity contribution >= 4 is 21.6 Å². The van der Waals surface area contributed by atoms with E-state index in [1.165, 1.54) is 18.9 Å². The summed E-state index contributed by atoms with van der Waals surface area (Å²) >= 11 is 3.11. The van der Waals surface area contributed by atoms with Gasteiger partial charge in [0.2, 0.25) is 0 Å². The lowest BCUT2D eigenvalue weighted by Crippen LogP contribution is -2.02. The number of hydrogen-bond acceptors (Lipinski definition) is 2. The summed E-state index contributed by atoms with van der Waals surface area (Å²) in [5.74, 6) is 0.246. The molecule has 3 nitrogen and oxygen atoms in total. The molecule has 0 radical (unpaired) electrons. The molecule has 1 aromatic carbocycles. The Morgan fingerprint density at radius 2 is 2.18 bits per heavy atom. The van der Waals surface area contributed by atoms with Crippen LogP contribution in [0.3, 0.4) is 0 Å². The second-order valence-electron chi connectivity index (χ2n) is 4.28. The highest BCUT2D eigenvalue weighted by Crippen LogP contribution is 2.39. The minimum absolute atomic E-state index is 0.335. The number of halogens is 2. The molecule has 1 saturated carbocycles. The van der Waals surface area contributed by atoms with Crippen molar-refractivity contribution in [2.24, 2.45) is 0 Å². The van der Waals surface area contributed by atoms with E-state index in [0.29, 0.717) is 21.8 Å². The molecule has 2 N–H and O–H groups in total. The van der Waals surface area contributed by atoms with Crippen molar-refractivity contribution in [2.75, 3.05) is 5.73 Å². The molecule has 88 valence electrons. The van der Waals surface area contributed by atoms with E-state index < -0.39 is 0 Å². The van der Waals surface area contributed by atoms with Gasteiger partial charge in [-0.2, -0.15) is 5.10 Å². The van der Waals surface area contributed by atoms with E-state index in [-0.39, 0.29) is 5.82 Å². The molecule has 0 atom stereocenters. The smallest absolute Gasteiger partial charge is 0.139 e. The quantitative estimate of drug-likeness (QED) is 0.865. The van der Waals surface area contributed by atoms with Crippen LogP contribution >= 0.6 is 15.9 Å². The summed E-state index contributed by atoms with van der Waals surface area (Å²) in [4.78, 5) is 0. The Balaban J connectivity index is 2.04. The summed E-state index contributed by atoms with van der Waals surface area (Å²) < 4.78 is 15.5. The van der Waals surface area contributed by atoms with Gasteiger partial charge in [0.15, 0.2) is 0 Å². The summed E-state index contributed by atoms with van der Waals surface area (Å²) in [5.41, 5.74) is 8.01. The molecule has 0 amide bonds. The number of anilines is 1. The highest BCUT2D eigenvalue weighted by Gasteiger charge is 2.26. The summed E-state index contributed by atoms with van der Waals surface area (Å²) in [6, 6.07) is 4.92. The maximum Gasteiger partial charge on any atom is 0.139 e. The molecule has 2 aromatic rings. The van der Waals surface area contributed by atoms with Crippen LogP contribution in [0.2, 0.25) is 0 Å². The Morgan fingerprint density at radius 3 is 2.88 bits per heavy atom. The minimum Gasteiger partial charge on any atom is -0.397 e. The van der Waals surface area contributed by atoms with Gasteiger partial charge in [-0.05, 0) is 40.9 Å². The lowest BCUT2D eigenvalue weighted by atomic mass is 10.2. The molecule has 17 heavy (non-hydrogen) atoms. The second-order valence-corrected chi connectivity index (χ2v) is 5.14. The topological polar surface area (TPSA) is 43.8 Å². The lowest BCUT2D eigenvalue weighted by molar-refractivity contribution is 0.619. The van der Waals surface area contributed by atoms with Crippen molar-refractivity contribution in [1.29, 1.82) is 0 Å². The Hall–Kier alpha value is -1.36. The first-order chi connectivity index (χ1) is 8.15. The standard InChI is InChI=1S/C12H11BrFN3/c13-8-5-10(15)12(6-9(8)14)17-4-3-11(16-17)7-1-2-7/h3-7H,1-2,15H2. The van der Waals surface area contributed by atoms with Gasteiger partial charge in [0.1, 0.15) is 5.82 Å². The summed E-state index contributed by atoms with van der Waals surface area (Å²) in [7, 11) is 0. The van der Waals surface area contributed by atoms with Crippen LogP contribution in [0.1, 0.15) is 24.5 Å². The SMILES string of the molecule is Nc1cc(Br)c(F)cc1-n1ccc(C2CC2)n1. The molecule has 0 bridgehead atoms. The van der Waals surface area contributed by atoms with E-state index in [4.69, 9.17) is 5.73 Å². The van der Waals surface area contributed by atoms with Gasteiger partial charge in [0, 0.05) is 18.2 Å². The zero-order valence-corrected chi connectivity index (χ0v) is 10.6. The molecular formula is C12H11BrFN3. The highest BCUT2D eigenvalue weighted by molar-refractivity contribution is 9.10. The molecule has 0 aliphatic heterocycles. The third-order valence-electron chi connectivity index (χ3n) is 2.92. The van der Waals surface area contributed by atoms with Gasteiger partial charge in [-0.1, -0.05) is 0 Å². The number of benzene rings is 1. The van der Waals surface area contributed by atoms with Crippen molar-refractivity contribution in [3.63, 3.8) is 0 Å². The van der Waals surface area contributed by atoms with Crippen molar-refractivity contribution in [3.05, 3.63) is 40.4 Å². The number of nitrogens with two attached hydrogens (primary N) is 1. The molecule has 1 aliphatic rings. The molecule has 0 spiro atoms. The van der Waals surface area contributed by atoms with Crippen LogP contribution in [0.4, 0.5) is 10.1 Å². The Bertz CT molecular complexity index is 575. The first-order valence-corrected chi connectivity index (χ1v) is 6.25. The van der Waals surface area contributed by atoms with Gasteiger partial charge in [-0.25, -0.2) is 9.07 Å². The van der Waals surface area contributed by atoms with Crippen LogP contribution in [-0.2, 0) is 0 Å². The van der Waals surface area contributed by atoms with Gasteiger partial charge >= 0.3 is 0 Å². The molecule has 3 rings (SSSR count). The number of rotatable bonds is 2. The summed E-state index contributed by atoms with van der Waals surface area (Å²) in [6.45, 7) is 0. The van der Waals surface area contributed by atoms with Gasteiger partial charge in [0.25, 0.3) is 0 Å². The fourth-order valence-electron chi connectivity index (χ4n) is 1.82. The largest absolute Gasteiger partial charge is 0.397 e. The number of nitrogen functional groups attached to an aromatic ring is 1. The molecule has 1 aliphatic carbocycles. The van der Waals surface area contributed by atoms with Gasteiger partial charge in [-0.15, -0.1) is 0 Å².